The van der Waals surface area contributed by atoms with Crippen molar-refractivity contribution in [2.24, 2.45) is 5.73 Å². The number of halogens is 1. The van der Waals surface area contributed by atoms with E-state index in [1.54, 1.807) is 6.07 Å². The van der Waals surface area contributed by atoms with E-state index >= 15 is 0 Å². The van der Waals surface area contributed by atoms with Crippen LogP contribution in [0.25, 0.3) is 0 Å². The molecule has 1 aromatic rings. The van der Waals surface area contributed by atoms with E-state index in [9.17, 15) is 4.39 Å². The number of hydrogen-bond acceptors (Lipinski definition) is 1. The average molecular weight is 235 g/mol. The molecule has 0 heterocycles. The highest BCUT2D eigenvalue weighted by molar-refractivity contribution is 5.32. The van der Waals surface area contributed by atoms with Gasteiger partial charge in [-0.3, -0.25) is 0 Å². The Labute approximate surface area is 103 Å². The molecule has 1 aliphatic rings. The summed E-state index contributed by atoms with van der Waals surface area (Å²) >= 11 is 0. The van der Waals surface area contributed by atoms with E-state index in [0.717, 1.165) is 31.2 Å². The van der Waals surface area contributed by atoms with Crippen LogP contribution in [0, 0.1) is 5.82 Å². The molecule has 2 N–H and O–H groups in total. The fourth-order valence-electron chi connectivity index (χ4n) is 2.74. The second-order valence-electron chi connectivity index (χ2n) is 5.61. The highest BCUT2D eigenvalue weighted by atomic mass is 19.1. The lowest BCUT2D eigenvalue weighted by Gasteiger charge is -2.34. The number of nitrogens with two attached hydrogens (primary N) is 1. The van der Waals surface area contributed by atoms with Crippen LogP contribution in [0.3, 0.4) is 0 Å². The van der Waals surface area contributed by atoms with Gasteiger partial charge in [-0.05, 0) is 30.4 Å². The Balaban J connectivity index is 2.38. The molecule has 0 atom stereocenters. The van der Waals surface area contributed by atoms with Gasteiger partial charge in [0.25, 0.3) is 0 Å². The fraction of sp³-hybridized carbons (Fsp3) is 0.600. The summed E-state index contributed by atoms with van der Waals surface area (Å²) in [5.41, 5.74) is 7.88. The number of benzene rings is 1. The van der Waals surface area contributed by atoms with Crippen LogP contribution in [0.4, 0.5) is 4.39 Å². The lowest BCUT2D eigenvalue weighted by Crippen LogP contribution is -2.39. The summed E-state index contributed by atoms with van der Waals surface area (Å²) in [7, 11) is 0. The standard InChI is InChI=1S/C15H22FN/c1-11(2)12-6-7-14(16)13(10-12)15(17)8-4-3-5-9-15/h6-7,10-11H,3-5,8-9,17H2,1-2H3. The van der Waals surface area contributed by atoms with Crippen molar-refractivity contribution in [1.29, 1.82) is 0 Å². The summed E-state index contributed by atoms with van der Waals surface area (Å²) in [6.45, 7) is 4.25. The van der Waals surface area contributed by atoms with Crippen molar-refractivity contribution in [2.75, 3.05) is 0 Å². The third-order valence-corrected chi connectivity index (χ3v) is 3.94. The van der Waals surface area contributed by atoms with Gasteiger partial charge in [0.05, 0.1) is 0 Å². The van der Waals surface area contributed by atoms with Crippen LogP contribution in [0.1, 0.15) is 63.0 Å². The summed E-state index contributed by atoms with van der Waals surface area (Å²) in [4.78, 5) is 0. The summed E-state index contributed by atoms with van der Waals surface area (Å²) in [5, 5.41) is 0. The Morgan fingerprint density at radius 2 is 1.82 bits per heavy atom. The van der Waals surface area contributed by atoms with Gasteiger partial charge in [0, 0.05) is 11.1 Å². The highest BCUT2D eigenvalue weighted by Crippen LogP contribution is 2.37. The van der Waals surface area contributed by atoms with E-state index in [4.69, 9.17) is 5.73 Å². The van der Waals surface area contributed by atoms with Gasteiger partial charge in [-0.1, -0.05) is 45.2 Å². The summed E-state index contributed by atoms with van der Waals surface area (Å²) in [6, 6.07) is 5.43. The molecule has 2 heteroatoms. The Hall–Kier alpha value is -0.890. The molecule has 1 saturated carbocycles. The average Bonchev–Trinajstić information content (AvgIpc) is 2.30. The molecule has 0 aliphatic heterocycles. The molecule has 1 nitrogen and oxygen atoms in total. The molecule has 0 bridgehead atoms. The van der Waals surface area contributed by atoms with Crippen LogP contribution in [0.2, 0.25) is 0 Å². The molecule has 0 radical (unpaired) electrons. The van der Waals surface area contributed by atoms with Crippen LogP contribution in [0.5, 0.6) is 0 Å². The minimum Gasteiger partial charge on any atom is -0.321 e. The third-order valence-electron chi connectivity index (χ3n) is 3.94. The van der Waals surface area contributed by atoms with Crippen molar-refractivity contribution in [2.45, 2.75) is 57.4 Å². The molecule has 17 heavy (non-hydrogen) atoms. The predicted molar refractivity (Wildman–Crippen MR) is 69.4 cm³/mol. The fourth-order valence-corrected chi connectivity index (χ4v) is 2.74. The first-order valence-electron chi connectivity index (χ1n) is 6.62. The molecule has 94 valence electrons. The minimum absolute atomic E-state index is 0.140. The zero-order chi connectivity index (χ0) is 12.5. The molecule has 1 fully saturated rings. The molecule has 1 aromatic carbocycles. The van der Waals surface area contributed by atoms with Gasteiger partial charge in [0.2, 0.25) is 0 Å². The van der Waals surface area contributed by atoms with Gasteiger partial charge >= 0.3 is 0 Å². The minimum atomic E-state index is -0.437. The Bertz CT molecular complexity index is 392. The highest BCUT2D eigenvalue weighted by Gasteiger charge is 2.32. The lowest BCUT2D eigenvalue weighted by molar-refractivity contribution is 0.292. The van der Waals surface area contributed by atoms with Crippen LogP contribution in [-0.2, 0) is 5.54 Å². The van der Waals surface area contributed by atoms with Crippen LogP contribution in [0.15, 0.2) is 18.2 Å². The van der Waals surface area contributed by atoms with Crippen molar-refractivity contribution >= 4 is 0 Å². The second kappa shape index (κ2) is 4.77. The van der Waals surface area contributed by atoms with Gasteiger partial charge in [0.1, 0.15) is 5.82 Å². The molecule has 2 rings (SSSR count). The van der Waals surface area contributed by atoms with Crippen LogP contribution >= 0.6 is 0 Å². The lowest BCUT2D eigenvalue weighted by atomic mass is 9.76. The zero-order valence-corrected chi connectivity index (χ0v) is 10.8. The van der Waals surface area contributed by atoms with E-state index in [-0.39, 0.29) is 5.82 Å². The summed E-state index contributed by atoms with van der Waals surface area (Å²) in [5.74, 6) is 0.278. The Morgan fingerprint density at radius 3 is 2.41 bits per heavy atom. The zero-order valence-electron chi connectivity index (χ0n) is 10.8. The predicted octanol–water partition coefficient (Wildman–Crippen LogP) is 4.07. The topological polar surface area (TPSA) is 26.0 Å². The van der Waals surface area contributed by atoms with Crippen LogP contribution < -0.4 is 5.73 Å². The van der Waals surface area contributed by atoms with Crippen LogP contribution in [-0.4, -0.2) is 0 Å². The normalized spacial score (nSPS) is 19.6. The number of hydrogen-bond donors (Lipinski definition) is 1. The maximum atomic E-state index is 14.0. The van der Waals surface area contributed by atoms with Crippen molar-refractivity contribution in [3.63, 3.8) is 0 Å². The monoisotopic (exact) mass is 235 g/mol. The van der Waals surface area contributed by atoms with E-state index in [0.29, 0.717) is 5.92 Å². The van der Waals surface area contributed by atoms with Gasteiger partial charge in [-0.2, -0.15) is 0 Å². The second-order valence-corrected chi connectivity index (χ2v) is 5.61. The third kappa shape index (κ3) is 2.52. The molecule has 0 aromatic heterocycles. The van der Waals surface area contributed by atoms with Crippen molar-refractivity contribution in [3.8, 4) is 0 Å². The molecule has 0 amide bonds. The van der Waals surface area contributed by atoms with E-state index in [1.165, 1.54) is 12.0 Å². The Morgan fingerprint density at radius 1 is 1.18 bits per heavy atom. The number of rotatable bonds is 2. The molecule has 1 aliphatic carbocycles. The smallest absolute Gasteiger partial charge is 0.128 e. The van der Waals surface area contributed by atoms with Crippen molar-refractivity contribution < 1.29 is 4.39 Å². The summed E-state index contributed by atoms with van der Waals surface area (Å²) in [6.07, 6.45) is 5.27. The SMILES string of the molecule is CC(C)c1ccc(F)c(C2(N)CCCCC2)c1. The van der Waals surface area contributed by atoms with E-state index in [1.807, 2.05) is 12.1 Å². The van der Waals surface area contributed by atoms with E-state index in [2.05, 4.69) is 13.8 Å². The van der Waals surface area contributed by atoms with Gasteiger partial charge in [-0.25, -0.2) is 4.39 Å². The molecule has 0 unspecified atom stereocenters. The molecule has 0 saturated heterocycles. The molecular formula is C15H22FN. The quantitative estimate of drug-likeness (QED) is 0.821. The Kier molecular flexibility index (Phi) is 3.53. The maximum absolute atomic E-state index is 14.0. The first kappa shape index (κ1) is 12.6. The summed E-state index contributed by atoms with van der Waals surface area (Å²) < 4.78 is 14.0. The molecular weight excluding hydrogens is 213 g/mol. The first-order chi connectivity index (χ1) is 8.03. The van der Waals surface area contributed by atoms with E-state index < -0.39 is 5.54 Å². The largest absolute Gasteiger partial charge is 0.321 e. The maximum Gasteiger partial charge on any atom is 0.128 e. The first-order valence-corrected chi connectivity index (χ1v) is 6.62. The van der Waals surface area contributed by atoms with Crippen molar-refractivity contribution in [1.82, 2.24) is 0 Å². The van der Waals surface area contributed by atoms with Gasteiger partial charge in [-0.15, -0.1) is 0 Å². The van der Waals surface area contributed by atoms with Crippen molar-refractivity contribution in [3.05, 3.63) is 35.1 Å². The van der Waals surface area contributed by atoms with Gasteiger partial charge < -0.3 is 5.73 Å². The van der Waals surface area contributed by atoms with Gasteiger partial charge in [0.15, 0.2) is 0 Å². The molecule has 0 spiro atoms.